The van der Waals surface area contributed by atoms with Crippen molar-refractivity contribution in [3.63, 3.8) is 0 Å². The Morgan fingerprint density at radius 3 is 2.09 bits per heavy atom. The van der Waals surface area contributed by atoms with E-state index in [1.165, 1.54) is 37.4 Å². The monoisotopic (exact) mass is 439 g/mol. The summed E-state index contributed by atoms with van der Waals surface area (Å²) in [5.74, 6) is 0. The van der Waals surface area contributed by atoms with Crippen LogP contribution in [0.5, 0.6) is 0 Å². The van der Waals surface area contributed by atoms with E-state index in [2.05, 4.69) is 123 Å². The number of fused-ring (bicyclic) bond motifs is 4. The summed E-state index contributed by atoms with van der Waals surface area (Å²) in [4.78, 5) is 0. The Labute approximate surface area is 196 Å². The Balaban J connectivity index is 0.000000316. The number of hydrogen-bond acceptors (Lipinski definition) is 2. The Hall–Kier alpha value is -3.10. The molecule has 1 aromatic heterocycles. The zero-order valence-electron chi connectivity index (χ0n) is 19.6. The highest BCUT2D eigenvalue weighted by atomic mass is 32.1. The number of nitrogens with one attached hydrogen (secondary N) is 1. The molecule has 0 spiro atoms. The largest absolute Gasteiger partial charge is 0.355 e. The molecule has 0 bridgehead atoms. The summed E-state index contributed by atoms with van der Waals surface area (Å²) in [6, 6.07) is 30.1. The van der Waals surface area contributed by atoms with Crippen LogP contribution in [-0.4, -0.2) is 0 Å². The van der Waals surface area contributed by atoms with E-state index in [1.54, 1.807) is 0 Å². The minimum atomic E-state index is 1.13. The van der Waals surface area contributed by atoms with E-state index < -0.39 is 0 Å². The minimum Gasteiger partial charge on any atom is -0.355 e. The van der Waals surface area contributed by atoms with Gasteiger partial charge in [-0.1, -0.05) is 100 Å². The third kappa shape index (κ3) is 5.77. The van der Waals surface area contributed by atoms with Crippen LogP contribution in [0.1, 0.15) is 40.5 Å². The van der Waals surface area contributed by atoms with E-state index in [0.717, 1.165) is 17.8 Å². The van der Waals surface area contributed by atoms with Gasteiger partial charge in [0.2, 0.25) is 0 Å². The smallest absolute Gasteiger partial charge is 0.0463 e. The molecule has 0 radical (unpaired) electrons. The molecule has 0 saturated carbocycles. The Morgan fingerprint density at radius 1 is 0.719 bits per heavy atom. The van der Waals surface area contributed by atoms with Crippen molar-refractivity contribution in [2.24, 2.45) is 0 Å². The van der Waals surface area contributed by atoms with Gasteiger partial charge in [-0.2, -0.15) is 0 Å². The third-order valence-corrected chi connectivity index (χ3v) is 6.05. The van der Waals surface area contributed by atoms with Gasteiger partial charge >= 0.3 is 0 Å². The number of anilines is 2. The summed E-state index contributed by atoms with van der Waals surface area (Å²) in [5.41, 5.74) is 2.28. The van der Waals surface area contributed by atoms with E-state index in [-0.39, 0.29) is 0 Å². The van der Waals surface area contributed by atoms with Crippen LogP contribution in [0.25, 0.3) is 30.9 Å². The predicted octanol–water partition coefficient (Wildman–Crippen LogP) is 10.3. The Bertz CT molecular complexity index is 1290. The van der Waals surface area contributed by atoms with Crippen molar-refractivity contribution >= 4 is 53.7 Å². The van der Waals surface area contributed by atoms with E-state index in [1.807, 2.05) is 18.3 Å². The summed E-state index contributed by atoms with van der Waals surface area (Å²) in [6.07, 6.45) is 6.59. The Morgan fingerprint density at radius 2 is 1.38 bits per heavy atom. The maximum absolute atomic E-state index is 3.59. The lowest BCUT2D eigenvalue weighted by Crippen LogP contribution is -1.90. The first-order valence-electron chi connectivity index (χ1n) is 11.5. The first-order valence-corrected chi connectivity index (χ1v) is 12.3. The molecule has 0 fully saturated rings. The number of benzene rings is 4. The van der Waals surface area contributed by atoms with Gasteiger partial charge in [-0.3, -0.25) is 0 Å². The lowest BCUT2D eigenvalue weighted by molar-refractivity contribution is 1.09. The van der Waals surface area contributed by atoms with Crippen LogP contribution in [0.15, 0.2) is 97.1 Å². The average molecular weight is 440 g/mol. The highest BCUT2D eigenvalue weighted by molar-refractivity contribution is 7.25. The van der Waals surface area contributed by atoms with Gasteiger partial charge in [0, 0.05) is 36.9 Å². The maximum atomic E-state index is 3.59. The standard InChI is InChI=1S/C22H15NS.C5H10.C3H8/c1-2-8-17-15(6-1)7-5-10-20(17)23-16-12-13-19-18-9-3-4-11-21(18)24-22(19)14-16;1-3-5-4-2;1-3-2/h1-14,23H;3,5H,4H2,1-2H3;3H2,1-2H3/b;5-3-;. The van der Waals surface area contributed by atoms with Gasteiger partial charge in [0.15, 0.2) is 0 Å². The number of thiophene rings is 1. The van der Waals surface area contributed by atoms with Crippen molar-refractivity contribution in [3.05, 3.63) is 97.1 Å². The second-order valence-corrected chi connectivity index (χ2v) is 8.73. The first kappa shape index (κ1) is 23.6. The molecule has 5 aromatic rings. The van der Waals surface area contributed by atoms with Crippen LogP contribution in [0.4, 0.5) is 11.4 Å². The normalized spacial score (nSPS) is 10.6. The minimum absolute atomic E-state index is 1.13. The molecule has 1 heterocycles. The molecule has 0 atom stereocenters. The summed E-state index contributed by atoms with van der Waals surface area (Å²) in [5, 5.41) is 8.77. The molecular formula is C30H33NS. The van der Waals surface area contributed by atoms with Gasteiger partial charge < -0.3 is 5.32 Å². The quantitative estimate of drug-likeness (QED) is 0.276. The molecule has 2 heteroatoms. The fraction of sp³-hybridized carbons (Fsp3) is 0.200. The lowest BCUT2D eigenvalue weighted by Gasteiger charge is -2.10. The fourth-order valence-electron chi connectivity index (χ4n) is 3.53. The van der Waals surface area contributed by atoms with E-state index in [4.69, 9.17) is 0 Å². The van der Waals surface area contributed by atoms with Crippen LogP contribution in [0.2, 0.25) is 0 Å². The van der Waals surface area contributed by atoms with Gasteiger partial charge in [0.25, 0.3) is 0 Å². The van der Waals surface area contributed by atoms with Crippen molar-refractivity contribution in [2.75, 3.05) is 5.32 Å². The second kappa shape index (κ2) is 12.1. The molecule has 4 aromatic carbocycles. The molecule has 0 unspecified atom stereocenters. The van der Waals surface area contributed by atoms with E-state index >= 15 is 0 Å². The SMILES string of the molecule is C/C=C\CC.CCC.c1ccc2c(Nc3ccc4c(c3)sc3ccccc34)cccc2c1. The zero-order chi connectivity index (χ0) is 22.8. The van der Waals surface area contributed by atoms with Crippen LogP contribution < -0.4 is 5.32 Å². The van der Waals surface area contributed by atoms with Crippen LogP contribution >= 0.6 is 11.3 Å². The van der Waals surface area contributed by atoms with Gasteiger partial charge in [-0.25, -0.2) is 0 Å². The summed E-state index contributed by atoms with van der Waals surface area (Å²) >= 11 is 1.85. The molecule has 32 heavy (non-hydrogen) atoms. The molecule has 0 amide bonds. The average Bonchev–Trinajstić information content (AvgIpc) is 3.19. The summed E-state index contributed by atoms with van der Waals surface area (Å²) in [7, 11) is 0. The lowest BCUT2D eigenvalue weighted by atomic mass is 10.1. The molecule has 0 aliphatic carbocycles. The topological polar surface area (TPSA) is 12.0 Å². The maximum Gasteiger partial charge on any atom is 0.0463 e. The zero-order valence-corrected chi connectivity index (χ0v) is 20.4. The third-order valence-electron chi connectivity index (χ3n) is 4.92. The molecule has 1 nitrogen and oxygen atoms in total. The van der Waals surface area contributed by atoms with Crippen molar-refractivity contribution < 1.29 is 0 Å². The van der Waals surface area contributed by atoms with Crippen molar-refractivity contribution in [1.82, 2.24) is 0 Å². The number of allylic oxidation sites excluding steroid dienone is 2. The Kier molecular flexibility index (Phi) is 8.89. The van der Waals surface area contributed by atoms with Crippen LogP contribution in [-0.2, 0) is 0 Å². The van der Waals surface area contributed by atoms with Gasteiger partial charge in [-0.15, -0.1) is 11.3 Å². The van der Waals surface area contributed by atoms with Crippen LogP contribution in [0, 0.1) is 0 Å². The molecule has 164 valence electrons. The van der Waals surface area contributed by atoms with Gasteiger partial charge in [0.1, 0.15) is 0 Å². The molecule has 0 aliphatic heterocycles. The molecule has 0 saturated heterocycles. The molecule has 5 rings (SSSR count). The molecular weight excluding hydrogens is 406 g/mol. The number of rotatable bonds is 3. The van der Waals surface area contributed by atoms with Crippen molar-refractivity contribution in [1.29, 1.82) is 0 Å². The number of hydrogen-bond donors (Lipinski definition) is 1. The van der Waals surface area contributed by atoms with Crippen molar-refractivity contribution in [2.45, 2.75) is 40.5 Å². The van der Waals surface area contributed by atoms with E-state index in [9.17, 15) is 0 Å². The van der Waals surface area contributed by atoms with Gasteiger partial charge in [0.05, 0.1) is 0 Å². The van der Waals surface area contributed by atoms with Gasteiger partial charge in [-0.05, 0) is 43.0 Å². The predicted molar refractivity (Wildman–Crippen MR) is 148 cm³/mol. The highest BCUT2D eigenvalue weighted by Crippen LogP contribution is 2.36. The summed E-state index contributed by atoms with van der Waals surface area (Å²) in [6.45, 7) is 8.41. The van der Waals surface area contributed by atoms with Crippen LogP contribution in [0.3, 0.4) is 0 Å². The first-order chi connectivity index (χ1) is 15.7. The fourth-order valence-corrected chi connectivity index (χ4v) is 4.67. The van der Waals surface area contributed by atoms with Crippen molar-refractivity contribution in [3.8, 4) is 0 Å². The molecule has 1 N–H and O–H groups in total. The van der Waals surface area contributed by atoms with E-state index in [0.29, 0.717) is 0 Å². The highest BCUT2D eigenvalue weighted by Gasteiger charge is 2.06. The second-order valence-electron chi connectivity index (χ2n) is 7.65. The molecule has 0 aliphatic rings. The summed E-state index contributed by atoms with van der Waals surface area (Å²) < 4.78 is 2.66.